The number of benzene rings is 1. The predicted octanol–water partition coefficient (Wildman–Crippen LogP) is 3.78. The van der Waals surface area contributed by atoms with Gasteiger partial charge in [0.15, 0.2) is 6.29 Å². The van der Waals surface area contributed by atoms with Crippen LogP contribution >= 0.6 is 0 Å². The summed E-state index contributed by atoms with van der Waals surface area (Å²) in [7, 11) is 0. The van der Waals surface area contributed by atoms with Crippen molar-refractivity contribution in [2.75, 3.05) is 19.8 Å². The van der Waals surface area contributed by atoms with Gasteiger partial charge < -0.3 is 9.47 Å². The third-order valence-corrected chi connectivity index (χ3v) is 2.96. The highest BCUT2D eigenvalue weighted by Crippen LogP contribution is 2.19. The lowest BCUT2D eigenvalue weighted by Gasteiger charge is -2.17. The lowest BCUT2D eigenvalue weighted by Crippen LogP contribution is -2.08. The van der Waals surface area contributed by atoms with Gasteiger partial charge in [-0.1, -0.05) is 36.4 Å². The molecule has 20 heavy (non-hydrogen) atoms. The van der Waals surface area contributed by atoms with Gasteiger partial charge in [0.1, 0.15) is 0 Å². The smallest absolute Gasteiger partial charge is 0.183 e. The van der Waals surface area contributed by atoms with Gasteiger partial charge in [-0.15, -0.1) is 0 Å². The standard InChI is InChI=1S/C17H21NO2/c1-3-19-17(20-4-2)15-10-7-14(8-11-15)9-12-16-6-5-13-18-16/h5-12,17H,3-4,13H2,1-2H3. The summed E-state index contributed by atoms with van der Waals surface area (Å²) >= 11 is 0. The summed E-state index contributed by atoms with van der Waals surface area (Å²) in [5.74, 6) is 0. The lowest BCUT2D eigenvalue weighted by atomic mass is 10.1. The summed E-state index contributed by atoms with van der Waals surface area (Å²) in [6, 6.07) is 8.22. The van der Waals surface area contributed by atoms with Gasteiger partial charge in [-0.2, -0.15) is 0 Å². The Hall–Kier alpha value is -1.71. The number of aliphatic imine (C=N–C) groups is 1. The molecule has 2 rings (SSSR count). The first-order valence-corrected chi connectivity index (χ1v) is 7.05. The SMILES string of the molecule is CCOC(OCC)c1ccc(C=CC2=NCC=C2)cc1. The molecule has 0 spiro atoms. The number of ether oxygens (including phenoxy) is 2. The van der Waals surface area contributed by atoms with Crippen LogP contribution in [0.3, 0.4) is 0 Å². The first kappa shape index (κ1) is 14.7. The molecule has 0 radical (unpaired) electrons. The van der Waals surface area contributed by atoms with E-state index in [2.05, 4.69) is 29.3 Å². The van der Waals surface area contributed by atoms with E-state index in [1.165, 1.54) is 0 Å². The molecule has 0 aliphatic carbocycles. The zero-order chi connectivity index (χ0) is 14.2. The van der Waals surface area contributed by atoms with Crippen LogP contribution in [-0.2, 0) is 9.47 Å². The summed E-state index contributed by atoms with van der Waals surface area (Å²) in [6.07, 6.45) is 7.91. The second-order valence-corrected chi connectivity index (χ2v) is 4.41. The maximum Gasteiger partial charge on any atom is 0.183 e. The normalized spacial score (nSPS) is 14.4. The summed E-state index contributed by atoms with van der Waals surface area (Å²) in [5, 5.41) is 0. The quantitative estimate of drug-likeness (QED) is 0.707. The van der Waals surface area contributed by atoms with Crippen LogP contribution in [-0.4, -0.2) is 25.5 Å². The topological polar surface area (TPSA) is 30.8 Å². The van der Waals surface area contributed by atoms with Gasteiger partial charge in [0, 0.05) is 18.8 Å². The molecule has 0 fully saturated rings. The lowest BCUT2D eigenvalue weighted by molar-refractivity contribution is -0.140. The molecule has 0 saturated carbocycles. The Morgan fingerprint density at radius 1 is 1.10 bits per heavy atom. The van der Waals surface area contributed by atoms with Crippen molar-refractivity contribution >= 4 is 11.8 Å². The minimum Gasteiger partial charge on any atom is -0.349 e. The molecule has 3 heteroatoms. The van der Waals surface area contributed by atoms with Crippen LogP contribution < -0.4 is 0 Å². The van der Waals surface area contributed by atoms with Crippen LogP contribution in [0.1, 0.15) is 31.3 Å². The minimum atomic E-state index is -0.273. The van der Waals surface area contributed by atoms with Crippen LogP contribution in [0.15, 0.2) is 47.5 Å². The van der Waals surface area contributed by atoms with E-state index in [1.807, 2.05) is 38.1 Å². The van der Waals surface area contributed by atoms with E-state index in [1.54, 1.807) is 0 Å². The number of allylic oxidation sites excluding steroid dienone is 2. The molecule has 0 atom stereocenters. The first-order chi connectivity index (χ1) is 9.83. The Balaban J connectivity index is 2.02. The van der Waals surface area contributed by atoms with E-state index < -0.39 is 0 Å². The van der Waals surface area contributed by atoms with Crippen molar-refractivity contribution in [3.63, 3.8) is 0 Å². The molecular formula is C17H21NO2. The summed E-state index contributed by atoms with van der Waals surface area (Å²) in [5.41, 5.74) is 3.21. The highest BCUT2D eigenvalue weighted by molar-refractivity contribution is 6.07. The fourth-order valence-electron chi connectivity index (χ4n) is 1.98. The zero-order valence-corrected chi connectivity index (χ0v) is 12.1. The van der Waals surface area contributed by atoms with E-state index >= 15 is 0 Å². The number of hydrogen-bond donors (Lipinski definition) is 0. The highest BCUT2D eigenvalue weighted by Gasteiger charge is 2.10. The summed E-state index contributed by atoms with van der Waals surface area (Å²) in [4.78, 5) is 4.32. The molecule has 1 aliphatic rings. The van der Waals surface area contributed by atoms with Crippen LogP contribution in [0.4, 0.5) is 0 Å². The van der Waals surface area contributed by atoms with Gasteiger partial charge in [0.25, 0.3) is 0 Å². The van der Waals surface area contributed by atoms with E-state index in [0.29, 0.717) is 13.2 Å². The van der Waals surface area contributed by atoms with Crippen molar-refractivity contribution in [3.8, 4) is 0 Å². The molecule has 0 saturated heterocycles. The van der Waals surface area contributed by atoms with Gasteiger partial charge in [-0.3, -0.25) is 4.99 Å². The molecule has 1 aromatic carbocycles. The highest BCUT2D eigenvalue weighted by atomic mass is 16.7. The Morgan fingerprint density at radius 2 is 1.80 bits per heavy atom. The number of nitrogens with zero attached hydrogens (tertiary/aromatic N) is 1. The third-order valence-electron chi connectivity index (χ3n) is 2.96. The van der Waals surface area contributed by atoms with Gasteiger partial charge in [-0.05, 0) is 31.6 Å². The van der Waals surface area contributed by atoms with Crippen LogP contribution in [0.5, 0.6) is 0 Å². The Bertz CT molecular complexity index is 494. The van der Waals surface area contributed by atoms with Crippen LogP contribution in [0.2, 0.25) is 0 Å². The fourth-order valence-corrected chi connectivity index (χ4v) is 1.98. The molecular weight excluding hydrogens is 250 g/mol. The van der Waals surface area contributed by atoms with Crippen molar-refractivity contribution in [1.82, 2.24) is 0 Å². The average molecular weight is 271 g/mol. The van der Waals surface area contributed by atoms with E-state index in [0.717, 1.165) is 23.4 Å². The van der Waals surface area contributed by atoms with E-state index in [4.69, 9.17) is 9.47 Å². The molecule has 1 aliphatic heterocycles. The van der Waals surface area contributed by atoms with Crippen molar-refractivity contribution in [1.29, 1.82) is 0 Å². The minimum absolute atomic E-state index is 0.273. The second-order valence-electron chi connectivity index (χ2n) is 4.41. The van der Waals surface area contributed by atoms with Gasteiger partial charge >= 0.3 is 0 Å². The van der Waals surface area contributed by atoms with Gasteiger partial charge in [0.2, 0.25) is 0 Å². The van der Waals surface area contributed by atoms with Crippen molar-refractivity contribution in [3.05, 3.63) is 53.6 Å². The average Bonchev–Trinajstić information content (AvgIpc) is 2.99. The molecule has 0 unspecified atom stereocenters. The van der Waals surface area contributed by atoms with Gasteiger partial charge in [0.05, 0.1) is 12.3 Å². The first-order valence-electron chi connectivity index (χ1n) is 7.05. The molecule has 106 valence electrons. The van der Waals surface area contributed by atoms with Gasteiger partial charge in [-0.25, -0.2) is 0 Å². The monoisotopic (exact) mass is 271 g/mol. The van der Waals surface area contributed by atoms with Crippen LogP contribution in [0, 0.1) is 0 Å². The predicted molar refractivity (Wildman–Crippen MR) is 82.9 cm³/mol. The zero-order valence-electron chi connectivity index (χ0n) is 12.1. The maximum atomic E-state index is 5.58. The maximum absolute atomic E-state index is 5.58. The molecule has 0 aromatic heterocycles. The van der Waals surface area contributed by atoms with Crippen molar-refractivity contribution in [2.45, 2.75) is 20.1 Å². The number of hydrogen-bond acceptors (Lipinski definition) is 3. The number of rotatable bonds is 7. The second kappa shape index (κ2) is 7.78. The molecule has 1 heterocycles. The largest absolute Gasteiger partial charge is 0.349 e. The van der Waals surface area contributed by atoms with E-state index in [-0.39, 0.29) is 6.29 Å². The van der Waals surface area contributed by atoms with Crippen molar-refractivity contribution in [2.24, 2.45) is 4.99 Å². The van der Waals surface area contributed by atoms with Crippen molar-refractivity contribution < 1.29 is 9.47 Å². The summed E-state index contributed by atoms with van der Waals surface area (Å²) in [6.45, 7) is 6.01. The molecule has 0 N–H and O–H groups in total. The Morgan fingerprint density at radius 3 is 2.35 bits per heavy atom. The van der Waals surface area contributed by atoms with Crippen LogP contribution in [0.25, 0.3) is 6.08 Å². The van der Waals surface area contributed by atoms with E-state index in [9.17, 15) is 0 Å². The fraction of sp³-hybridized carbons (Fsp3) is 0.353. The molecule has 3 nitrogen and oxygen atoms in total. The molecule has 0 bridgehead atoms. The Labute approximate surface area is 120 Å². The Kier molecular flexibility index (Phi) is 5.71. The molecule has 1 aromatic rings. The molecule has 0 amide bonds. The third kappa shape index (κ3) is 4.15. The summed E-state index contributed by atoms with van der Waals surface area (Å²) < 4.78 is 11.2.